The summed E-state index contributed by atoms with van der Waals surface area (Å²) in [7, 11) is 1.66. The number of anilines is 1. The fourth-order valence-corrected chi connectivity index (χ4v) is 3.99. The van der Waals surface area contributed by atoms with Gasteiger partial charge in [0.2, 0.25) is 0 Å². The standard InChI is InChI=1S/C23H27N5O3S/c1-3-31-22(29)18-4-9-21(24-16-18)26-12-10-25(11-13-26)17-27-14-15-28(23(27)32)19-5-7-20(30-2)8-6-19/h4-9,14-16H,3,10-13,17H2,1-2H3. The summed E-state index contributed by atoms with van der Waals surface area (Å²) in [5.41, 5.74) is 1.49. The Hall–Kier alpha value is -3.17. The first-order valence-corrected chi connectivity index (χ1v) is 11.0. The van der Waals surface area contributed by atoms with Crippen LogP contribution in [0, 0.1) is 4.77 Å². The Morgan fingerprint density at radius 1 is 1.06 bits per heavy atom. The number of rotatable bonds is 7. The molecular weight excluding hydrogens is 426 g/mol. The molecule has 0 atom stereocenters. The molecule has 0 spiro atoms. The van der Waals surface area contributed by atoms with E-state index in [4.69, 9.17) is 21.7 Å². The minimum atomic E-state index is -0.338. The molecule has 0 aliphatic carbocycles. The van der Waals surface area contributed by atoms with Gasteiger partial charge in [0.25, 0.3) is 0 Å². The molecule has 9 heteroatoms. The number of methoxy groups -OCH3 is 1. The average Bonchev–Trinajstić information content (AvgIpc) is 3.20. The topological polar surface area (TPSA) is 64.8 Å². The highest BCUT2D eigenvalue weighted by Gasteiger charge is 2.19. The maximum absolute atomic E-state index is 11.8. The summed E-state index contributed by atoms with van der Waals surface area (Å²) in [4.78, 5) is 20.8. The highest BCUT2D eigenvalue weighted by atomic mass is 32.1. The zero-order chi connectivity index (χ0) is 22.5. The molecular formula is C23H27N5O3S. The van der Waals surface area contributed by atoms with Crippen molar-refractivity contribution in [3.63, 3.8) is 0 Å². The summed E-state index contributed by atoms with van der Waals surface area (Å²) in [5.74, 6) is 1.36. The van der Waals surface area contributed by atoms with Crippen molar-refractivity contribution in [1.82, 2.24) is 19.0 Å². The SMILES string of the molecule is CCOC(=O)c1ccc(N2CCN(Cn3ccn(-c4ccc(OC)cc4)c3=S)CC2)nc1. The van der Waals surface area contributed by atoms with Gasteiger partial charge < -0.3 is 18.9 Å². The molecule has 1 aromatic carbocycles. The number of ether oxygens (including phenoxy) is 2. The van der Waals surface area contributed by atoms with Gasteiger partial charge in [-0.2, -0.15) is 0 Å². The Bertz CT molecular complexity index is 1100. The molecule has 4 rings (SSSR count). The molecule has 0 unspecified atom stereocenters. The normalized spacial score (nSPS) is 14.4. The van der Waals surface area contributed by atoms with Crippen molar-refractivity contribution in [3.8, 4) is 11.4 Å². The second-order valence-corrected chi connectivity index (χ2v) is 7.86. The van der Waals surface area contributed by atoms with Crippen LogP contribution in [0.2, 0.25) is 0 Å². The molecule has 3 heterocycles. The average molecular weight is 454 g/mol. The van der Waals surface area contributed by atoms with Crippen molar-refractivity contribution in [2.45, 2.75) is 13.6 Å². The van der Waals surface area contributed by atoms with E-state index in [0.717, 1.165) is 54.9 Å². The highest BCUT2D eigenvalue weighted by Crippen LogP contribution is 2.18. The third-order valence-corrected chi connectivity index (χ3v) is 5.94. The van der Waals surface area contributed by atoms with Crippen molar-refractivity contribution in [2.75, 3.05) is 44.8 Å². The molecule has 1 fully saturated rings. The monoisotopic (exact) mass is 453 g/mol. The number of carbonyl (C=O) groups excluding carboxylic acids is 1. The van der Waals surface area contributed by atoms with E-state index in [1.807, 2.05) is 47.3 Å². The molecule has 0 N–H and O–H groups in total. The lowest BCUT2D eigenvalue weighted by Gasteiger charge is -2.35. The number of hydrogen-bond acceptors (Lipinski definition) is 7. The molecule has 3 aromatic rings. The smallest absolute Gasteiger partial charge is 0.339 e. The van der Waals surface area contributed by atoms with E-state index < -0.39 is 0 Å². The lowest BCUT2D eigenvalue weighted by Crippen LogP contribution is -2.47. The first-order chi connectivity index (χ1) is 15.6. The highest BCUT2D eigenvalue weighted by molar-refractivity contribution is 7.71. The number of piperazine rings is 1. The van der Waals surface area contributed by atoms with Gasteiger partial charge in [-0.1, -0.05) is 0 Å². The molecule has 1 aliphatic heterocycles. The summed E-state index contributed by atoms with van der Waals surface area (Å²) in [6, 6.07) is 11.5. The molecule has 168 valence electrons. The molecule has 1 aliphatic rings. The number of esters is 1. The molecule has 8 nitrogen and oxygen atoms in total. The van der Waals surface area contributed by atoms with E-state index in [9.17, 15) is 4.79 Å². The molecule has 0 bridgehead atoms. The summed E-state index contributed by atoms with van der Waals surface area (Å²) in [6.07, 6.45) is 5.60. The van der Waals surface area contributed by atoms with Crippen molar-refractivity contribution in [3.05, 3.63) is 65.3 Å². The first kappa shape index (κ1) is 22.0. The van der Waals surface area contributed by atoms with Crippen LogP contribution < -0.4 is 9.64 Å². The van der Waals surface area contributed by atoms with Crippen LogP contribution in [-0.4, -0.2) is 64.9 Å². The van der Waals surface area contributed by atoms with Crippen LogP contribution >= 0.6 is 12.2 Å². The first-order valence-electron chi connectivity index (χ1n) is 10.6. The van der Waals surface area contributed by atoms with Gasteiger partial charge in [-0.15, -0.1) is 0 Å². The number of nitrogens with zero attached hydrogens (tertiary/aromatic N) is 5. The molecule has 0 radical (unpaired) electrons. The molecule has 0 saturated carbocycles. The van der Waals surface area contributed by atoms with E-state index in [2.05, 4.69) is 19.4 Å². The van der Waals surface area contributed by atoms with E-state index in [-0.39, 0.29) is 5.97 Å². The Kier molecular flexibility index (Phi) is 6.87. The van der Waals surface area contributed by atoms with E-state index in [1.54, 1.807) is 26.3 Å². The third-order valence-electron chi connectivity index (χ3n) is 5.51. The fourth-order valence-electron chi connectivity index (χ4n) is 3.70. The van der Waals surface area contributed by atoms with Crippen molar-refractivity contribution < 1.29 is 14.3 Å². The van der Waals surface area contributed by atoms with Crippen LogP contribution in [0.15, 0.2) is 55.0 Å². The lowest BCUT2D eigenvalue weighted by molar-refractivity contribution is 0.0526. The van der Waals surface area contributed by atoms with E-state index in [1.165, 1.54) is 0 Å². The predicted molar refractivity (Wildman–Crippen MR) is 125 cm³/mol. The van der Waals surface area contributed by atoms with Gasteiger partial charge in [0.15, 0.2) is 4.77 Å². The van der Waals surface area contributed by atoms with Crippen molar-refractivity contribution in [2.24, 2.45) is 0 Å². The van der Waals surface area contributed by atoms with Crippen LogP contribution in [0.25, 0.3) is 5.69 Å². The summed E-state index contributed by atoms with van der Waals surface area (Å²) in [5, 5.41) is 0. The quantitative estimate of drug-likeness (QED) is 0.401. The maximum Gasteiger partial charge on any atom is 0.339 e. The van der Waals surface area contributed by atoms with E-state index in [0.29, 0.717) is 12.2 Å². The van der Waals surface area contributed by atoms with Crippen LogP contribution in [-0.2, 0) is 11.4 Å². The van der Waals surface area contributed by atoms with Gasteiger partial charge in [0.05, 0.1) is 25.9 Å². The molecule has 32 heavy (non-hydrogen) atoms. The Morgan fingerprint density at radius 2 is 1.81 bits per heavy atom. The van der Waals surface area contributed by atoms with E-state index >= 15 is 0 Å². The fraction of sp³-hybridized carbons (Fsp3) is 0.348. The second kappa shape index (κ2) is 9.97. The minimum absolute atomic E-state index is 0.338. The number of hydrogen-bond donors (Lipinski definition) is 0. The zero-order valence-electron chi connectivity index (χ0n) is 18.3. The lowest BCUT2D eigenvalue weighted by atomic mass is 10.2. The number of pyridine rings is 1. The van der Waals surface area contributed by atoms with Gasteiger partial charge in [0.1, 0.15) is 11.6 Å². The molecule has 2 aromatic heterocycles. The van der Waals surface area contributed by atoms with Crippen LogP contribution in [0.4, 0.5) is 5.82 Å². The number of benzene rings is 1. The number of imidazole rings is 1. The van der Waals surface area contributed by atoms with Crippen molar-refractivity contribution in [1.29, 1.82) is 0 Å². The number of aromatic nitrogens is 3. The van der Waals surface area contributed by atoms with Crippen LogP contribution in [0.5, 0.6) is 5.75 Å². The zero-order valence-corrected chi connectivity index (χ0v) is 19.1. The predicted octanol–water partition coefficient (Wildman–Crippen LogP) is 3.37. The van der Waals surface area contributed by atoms with Gasteiger partial charge in [-0.05, 0) is 55.5 Å². The molecule has 1 saturated heterocycles. The van der Waals surface area contributed by atoms with Crippen LogP contribution in [0.1, 0.15) is 17.3 Å². The summed E-state index contributed by atoms with van der Waals surface area (Å²) in [6.45, 7) is 6.41. The van der Waals surface area contributed by atoms with Gasteiger partial charge >= 0.3 is 5.97 Å². The molecule has 0 amide bonds. The summed E-state index contributed by atoms with van der Waals surface area (Å²) >= 11 is 5.70. The minimum Gasteiger partial charge on any atom is -0.497 e. The number of carbonyl (C=O) groups is 1. The third kappa shape index (κ3) is 4.84. The summed E-state index contributed by atoms with van der Waals surface area (Å²) < 4.78 is 15.1. The Balaban J connectivity index is 1.35. The Morgan fingerprint density at radius 3 is 2.44 bits per heavy atom. The Labute approximate surface area is 192 Å². The van der Waals surface area contributed by atoms with Gasteiger partial charge in [-0.25, -0.2) is 9.78 Å². The van der Waals surface area contributed by atoms with Crippen LogP contribution in [0.3, 0.4) is 0 Å². The second-order valence-electron chi connectivity index (χ2n) is 7.49. The maximum atomic E-state index is 11.8. The van der Waals surface area contributed by atoms with Crippen molar-refractivity contribution >= 4 is 24.0 Å². The van der Waals surface area contributed by atoms with Gasteiger partial charge in [-0.3, -0.25) is 9.47 Å². The van der Waals surface area contributed by atoms with Gasteiger partial charge in [0, 0.05) is 50.5 Å². The largest absolute Gasteiger partial charge is 0.497 e.